The number of alkyl halides is 6. The molecule has 1 aliphatic rings. The van der Waals surface area contributed by atoms with Gasteiger partial charge in [0.05, 0.1) is 23.5 Å². The SMILES string of the molecule is CN(C)C1CC(Oc2ccc(NC(=O)c3ccc(OCCC(F)(F)F)c([N+](=O)[O-])c3)cc2C(F)(F)F)C1. The Morgan fingerprint density at radius 3 is 2.30 bits per heavy atom. The first-order chi connectivity index (χ1) is 17.1. The van der Waals surface area contributed by atoms with Crippen LogP contribution in [0.1, 0.15) is 35.2 Å². The van der Waals surface area contributed by atoms with Crippen LogP contribution < -0.4 is 14.8 Å². The number of carbonyl (C=O) groups is 1. The molecule has 37 heavy (non-hydrogen) atoms. The summed E-state index contributed by atoms with van der Waals surface area (Å²) < 4.78 is 88.3. The molecule has 0 bridgehead atoms. The molecule has 2 aromatic rings. The van der Waals surface area contributed by atoms with E-state index in [1.54, 1.807) is 0 Å². The van der Waals surface area contributed by atoms with E-state index < -0.39 is 53.2 Å². The normalized spacial score (nSPS) is 17.8. The lowest BCUT2D eigenvalue weighted by Crippen LogP contribution is -2.46. The van der Waals surface area contributed by atoms with Gasteiger partial charge in [-0.15, -0.1) is 0 Å². The quantitative estimate of drug-likeness (QED) is 0.253. The number of amides is 1. The number of nitrogens with zero attached hydrogens (tertiary/aromatic N) is 2. The Balaban J connectivity index is 1.75. The molecular weight excluding hydrogens is 512 g/mol. The summed E-state index contributed by atoms with van der Waals surface area (Å²) in [5, 5.41) is 13.5. The van der Waals surface area contributed by atoms with Gasteiger partial charge in [-0.3, -0.25) is 14.9 Å². The zero-order valence-corrected chi connectivity index (χ0v) is 19.7. The molecule has 0 heterocycles. The molecule has 0 radical (unpaired) electrons. The number of rotatable bonds is 9. The van der Waals surface area contributed by atoms with Crippen molar-refractivity contribution in [2.45, 2.75) is 43.8 Å². The van der Waals surface area contributed by atoms with Crippen molar-refractivity contribution in [1.29, 1.82) is 0 Å². The molecule has 0 atom stereocenters. The average molecular weight is 535 g/mol. The van der Waals surface area contributed by atoms with E-state index in [4.69, 9.17) is 9.47 Å². The van der Waals surface area contributed by atoms with Gasteiger partial charge in [-0.1, -0.05) is 0 Å². The fourth-order valence-corrected chi connectivity index (χ4v) is 3.57. The van der Waals surface area contributed by atoms with Crippen LogP contribution in [0.25, 0.3) is 0 Å². The van der Waals surface area contributed by atoms with Crippen molar-refractivity contribution in [3.8, 4) is 11.5 Å². The van der Waals surface area contributed by atoms with Crippen LogP contribution in [0.3, 0.4) is 0 Å². The van der Waals surface area contributed by atoms with Gasteiger partial charge in [0.15, 0.2) is 5.75 Å². The molecule has 3 rings (SSSR count). The first kappa shape index (κ1) is 28.0. The Hall–Kier alpha value is -3.55. The van der Waals surface area contributed by atoms with Gasteiger partial charge < -0.3 is 19.7 Å². The summed E-state index contributed by atoms with van der Waals surface area (Å²) >= 11 is 0. The van der Waals surface area contributed by atoms with Gasteiger partial charge in [0.2, 0.25) is 0 Å². The molecule has 0 aliphatic heterocycles. The first-order valence-corrected chi connectivity index (χ1v) is 11.0. The van der Waals surface area contributed by atoms with Crippen molar-refractivity contribution < 1.29 is 45.5 Å². The predicted molar refractivity (Wildman–Crippen MR) is 120 cm³/mol. The molecule has 0 spiro atoms. The third-order valence-electron chi connectivity index (χ3n) is 5.70. The lowest BCUT2D eigenvalue weighted by molar-refractivity contribution is -0.386. The number of hydrogen-bond donors (Lipinski definition) is 1. The monoisotopic (exact) mass is 535 g/mol. The molecule has 1 fully saturated rings. The van der Waals surface area contributed by atoms with Crippen molar-refractivity contribution in [2.24, 2.45) is 0 Å². The van der Waals surface area contributed by atoms with Crippen LogP contribution in [0.15, 0.2) is 36.4 Å². The van der Waals surface area contributed by atoms with Gasteiger partial charge in [0, 0.05) is 23.4 Å². The zero-order valence-electron chi connectivity index (χ0n) is 19.7. The van der Waals surface area contributed by atoms with Crippen molar-refractivity contribution in [1.82, 2.24) is 4.90 Å². The van der Waals surface area contributed by atoms with Gasteiger partial charge >= 0.3 is 18.0 Å². The van der Waals surface area contributed by atoms with E-state index >= 15 is 0 Å². The number of nitro groups is 1. The second-order valence-corrected chi connectivity index (χ2v) is 8.64. The van der Waals surface area contributed by atoms with E-state index in [0.29, 0.717) is 18.9 Å². The highest BCUT2D eigenvalue weighted by atomic mass is 19.4. The van der Waals surface area contributed by atoms with E-state index in [0.717, 1.165) is 24.3 Å². The number of halogens is 6. The number of carbonyl (C=O) groups excluding carboxylic acids is 1. The van der Waals surface area contributed by atoms with Crippen LogP contribution in [-0.4, -0.2) is 54.8 Å². The second-order valence-electron chi connectivity index (χ2n) is 8.64. The molecule has 0 saturated heterocycles. The number of benzene rings is 2. The third-order valence-corrected chi connectivity index (χ3v) is 5.70. The number of anilines is 1. The summed E-state index contributed by atoms with van der Waals surface area (Å²) in [5.41, 5.74) is -2.42. The molecule has 8 nitrogen and oxygen atoms in total. The highest BCUT2D eigenvalue weighted by Crippen LogP contribution is 2.40. The van der Waals surface area contributed by atoms with Crippen molar-refractivity contribution in [3.05, 3.63) is 57.6 Å². The van der Waals surface area contributed by atoms with Gasteiger partial charge in [-0.25, -0.2) is 0 Å². The first-order valence-electron chi connectivity index (χ1n) is 11.0. The molecule has 1 aliphatic carbocycles. The Morgan fingerprint density at radius 1 is 1.08 bits per heavy atom. The van der Waals surface area contributed by atoms with Crippen molar-refractivity contribution in [3.63, 3.8) is 0 Å². The van der Waals surface area contributed by atoms with Gasteiger partial charge in [-0.2, -0.15) is 26.3 Å². The molecule has 1 N–H and O–H groups in total. The molecule has 0 unspecified atom stereocenters. The number of nitrogens with one attached hydrogen (secondary N) is 1. The standard InChI is InChI=1S/C23H23F6N3O5/c1-31(2)15-11-16(12-15)37-19-6-4-14(10-17(19)23(27,28)29)30-21(33)13-3-5-20(18(9-13)32(34)35)36-8-7-22(24,25)26/h3-6,9-10,15-16H,7-8,11-12H2,1-2H3,(H,30,33). The van der Waals surface area contributed by atoms with E-state index in [9.17, 15) is 41.3 Å². The Labute approximate surface area is 207 Å². The van der Waals surface area contributed by atoms with E-state index in [1.165, 1.54) is 6.07 Å². The maximum absolute atomic E-state index is 13.7. The lowest BCUT2D eigenvalue weighted by atomic mass is 9.88. The molecule has 202 valence electrons. The molecule has 0 aromatic heterocycles. The summed E-state index contributed by atoms with van der Waals surface area (Å²) in [6, 6.07) is 5.95. The van der Waals surface area contributed by atoms with Crippen LogP contribution in [0.2, 0.25) is 0 Å². The Morgan fingerprint density at radius 2 is 1.73 bits per heavy atom. The maximum atomic E-state index is 13.7. The minimum atomic E-state index is -4.78. The Kier molecular flexibility index (Phi) is 8.20. The molecular formula is C23H23F6N3O5. The minimum Gasteiger partial charge on any atom is -0.490 e. The predicted octanol–water partition coefficient (Wildman–Crippen LogP) is 5.67. The summed E-state index contributed by atoms with van der Waals surface area (Å²) in [5.74, 6) is -1.84. The highest BCUT2D eigenvalue weighted by molar-refractivity contribution is 6.05. The summed E-state index contributed by atoms with van der Waals surface area (Å²) in [4.78, 5) is 24.9. The molecule has 1 saturated carbocycles. The average Bonchev–Trinajstić information content (AvgIpc) is 2.74. The van der Waals surface area contributed by atoms with Gasteiger partial charge in [-0.05, 0) is 57.3 Å². The van der Waals surface area contributed by atoms with Gasteiger partial charge in [0.1, 0.15) is 11.9 Å². The van der Waals surface area contributed by atoms with Gasteiger partial charge in [0.25, 0.3) is 5.91 Å². The topological polar surface area (TPSA) is 93.9 Å². The second kappa shape index (κ2) is 10.8. The third kappa shape index (κ3) is 7.47. The summed E-state index contributed by atoms with van der Waals surface area (Å²) in [6.45, 7) is -0.874. The smallest absolute Gasteiger partial charge is 0.420 e. The summed E-state index contributed by atoms with van der Waals surface area (Å²) in [6.07, 6.45) is -9.91. The highest BCUT2D eigenvalue weighted by Gasteiger charge is 2.38. The minimum absolute atomic E-state index is 0.211. The Bertz CT molecular complexity index is 1150. The van der Waals surface area contributed by atoms with Crippen LogP contribution in [0.4, 0.5) is 37.7 Å². The zero-order chi connectivity index (χ0) is 27.5. The maximum Gasteiger partial charge on any atom is 0.420 e. The van der Waals surface area contributed by atoms with Crippen molar-refractivity contribution >= 4 is 17.3 Å². The van der Waals surface area contributed by atoms with Crippen molar-refractivity contribution in [2.75, 3.05) is 26.0 Å². The fourth-order valence-electron chi connectivity index (χ4n) is 3.57. The molecule has 14 heteroatoms. The van der Waals surface area contributed by atoms with E-state index in [1.807, 2.05) is 19.0 Å². The number of ether oxygens (including phenoxy) is 2. The number of nitro benzene ring substituents is 1. The summed E-state index contributed by atoms with van der Waals surface area (Å²) in [7, 11) is 3.73. The largest absolute Gasteiger partial charge is 0.490 e. The van der Waals surface area contributed by atoms with Crippen LogP contribution >= 0.6 is 0 Å². The molecule has 1 amide bonds. The van der Waals surface area contributed by atoms with Crippen LogP contribution in [0, 0.1) is 10.1 Å². The van der Waals surface area contributed by atoms with E-state index in [2.05, 4.69) is 5.32 Å². The molecule has 2 aromatic carbocycles. The lowest BCUT2D eigenvalue weighted by Gasteiger charge is -2.39. The fraction of sp³-hybridized carbons (Fsp3) is 0.435. The van der Waals surface area contributed by atoms with Crippen LogP contribution in [-0.2, 0) is 6.18 Å². The number of hydrogen-bond acceptors (Lipinski definition) is 6. The van der Waals surface area contributed by atoms with E-state index in [-0.39, 0.29) is 29.1 Å². The van der Waals surface area contributed by atoms with Crippen LogP contribution in [0.5, 0.6) is 11.5 Å².